The van der Waals surface area contributed by atoms with E-state index in [9.17, 15) is 4.79 Å². The number of aromatic nitrogens is 4. The van der Waals surface area contributed by atoms with Gasteiger partial charge < -0.3 is 5.32 Å². The van der Waals surface area contributed by atoms with E-state index in [0.717, 1.165) is 5.56 Å². The summed E-state index contributed by atoms with van der Waals surface area (Å²) in [7, 11) is 0. The molecule has 0 radical (unpaired) electrons. The van der Waals surface area contributed by atoms with Crippen LogP contribution in [0.15, 0.2) is 42.5 Å². The van der Waals surface area contributed by atoms with Crippen LogP contribution in [0.3, 0.4) is 0 Å². The molecule has 0 spiro atoms. The van der Waals surface area contributed by atoms with Crippen LogP contribution in [0, 0.1) is 0 Å². The molecule has 1 amide bonds. The van der Waals surface area contributed by atoms with E-state index in [1.807, 2.05) is 24.3 Å². The summed E-state index contributed by atoms with van der Waals surface area (Å²) in [6.45, 7) is 4.18. The van der Waals surface area contributed by atoms with Crippen molar-refractivity contribution in [2.45, 2.75) is 26.3 Å². The average Bonchev–Trinajstić information content (AvgIpc) is 3.06. The van der Waals surface area contributed by atoms with Gasteiger partial charge in [0.25, 0.3) is 0 Å². The van der Waals surface area contributed by atoms with E-state index in [4.69, 9.17) is 23.2 Å². The van der Waals surface area contributed by atoms with Crippen molar-refractivity contribution in [3.05, 3.63) is 58.1 Å². The van der Waals surface area contributed by atoms with Crippen molar-refractivity contribution < 1.29 is 4.79 Å². The SMILES string of the molecule is CC(C)c1ccc(-c2nnn(CC(=O)Nc3cc(Cl)ccc3Cl)n2)cc1. The van der Waals surface area contributed by atoms with Gasteiger partial charge in [-0.15, -0.1) is 10.2 Å². The Morgan fingerprint density at radius 2 is 1.88 bits per heavy atom. The van der Waals surface area contributed by atoms with Gasteiger partial charge in [0.05, 0.1) is 10.7 Å². The highest BCUT2D eigenvalue weighted by molar-refractivity contribution is 6.35. The van der Waals surface area contributed by atoms with Gasteiger partial charge in [0.2, 0.25) is 11.7 Å². The topological polar surface area (TPSA) is 72.7 Å². The van der Waals surface area contributed by atoms with Crippen molar-refractivity contribution in [3.8, 4) is 11.4 Å². The molecule has 0 bridgehead atoms. The maximum Gasteiger partial charge on any atom is 0.248 e. The quantitative estimate of drug-likeness (QED) is 0.701. The van der Waals surface area contributed by atoms with Gasteiger partial charge in [-0.25, -0.2) is 0 Å². The normalized spacial score (nSPS) is 11.0. The molecule has 0 unspecified atom stereocenters. The summed E-state index contributed by atoms with van der Waals surface area (Å²) < 4.78 is 0. The molecular formula is C18H17Cl2N5O. The van der Waals surface area contributed by atoms with E-state index in [2.05, 4.69) is 34.6 Å². The van der Waals surface area contributed by atoms with Crippen molar-refractivity contribution in [2.24, 2.45) is 0 Å². The Balaban J connectivity index is 1.68. The summed E-state index contributed by atoms with van der Waals surface area (Å²) in [5.41, 5.74) is 2.52. The van der Waals surface area contributed by atoms with Crippen LogP contribution in [0.5, 0.6) is 0 Å². The number of nitrogens with zero attached hydrogens (tertiary/aromatic N) is 4. The standard InChI is InChI=1S/C18H17Cl2N5O/c1-11(2)12-3-5-13(6-4-12)18-22-24-25(23-18)10-17(26)21-16-9-14(19)7-8-15(16)20/h3-9,11H,10H2,1-2H3,(H,21,26). The van der Waals surface area contributed by atoms with Gasteiger partial charge >= 0.3 is 0 Å². The summed E-state index contributed by atoms with van der Waals surface area (Å²) in [6.07, 6.45) is 0. The number of halogens is 2. The fourth-order valence-electron chi connectivity index (χ4n) is 2.35. The zero-order chi connectivity index (χ0) is 18.7. The fraction of sp³-hybridized carbons (Fsp3) is 0.222. The lowest BCUT2D eigenvalue weighted by molar-refractivity contribution is -0.117. The molecule has 6 nitrogen and oxygen atoms in total. The van der Waals surface area contributed by atoms with E-state index in [1.54, 1.807) is 18.2 Å². The predicted molar refractivity (Wildman–Crippen MR) is 102 cm³/mol. The van der Waals surface area contributed by atoms with Crippen LogP contribution in [-0.4, -0.2) is 26.1 Å². The van der Waals surface area contributed by atoms with Crippen molar-refractivity contribution in [3.63, 3.8) is 0 Å². The maximum absolute atomic E-state index is 12.2. The minimum Gasteiger partial charge on any atom is -0.323 e. The molecule has 0 aliphatic rings. The number of carbonyl (C=O) groups excluding carboxylic acids is 1. The highest BCUT2D eigenvalue weighted by Gasteiger charge is 2.11. The van der Waals surface area contributed by atoms with Crippen molar-refractivity contribution in [1.29, 1.82) is 0 Å². The molecule has 0 saturated heterocycles. The van der Waals surface area contributed by atoms with E-state index < -0.39 is 0 Å². The third-order valence-electron chi connectivity index (χ3n) is 3.78. The first-order valence-electron chi connectivity index (χ1n) is 8.05. The predicted octanol–water partition coefficient (Wildman–Crippen LogP) is 4.41. The molecule has 0 aliphatic carbocycles. The van der Waals surface area contributed by atoms with E-state index >= 15 is 0 Å². The Bertz CT molecular complexity index is 922. The lowest BCUT2D eigenvalue weighted by atomic mass is 10.0. The van der Waals surface area contributed by atoms with Gasteiger partial charge in [0, 0.05) is 10.6 Å². The van der Waals surface area contributed by atoms with Crippen LogP contribution in [0.25, 0.3) is 11.4 Å². The highest BCUT2D eigenvalue weighted by atomic mass is 35.5. The third kappa shape index (κ3) is 4.39. The summed E-state index contributed by atoms with van der Waals surface area (Å²) in [6, 6.07) is 12.8. The number of carbonyl (C=O) groups is 1. The molecule has 3 rings (SSSR count). The molecule has 26 heavy (non-hydrogen) atoms. The zero-order valence-electron chi connectivity index (χ0n) is 14.3. The van der Waals surface area contributed by atoms with Crippen molar-refractivity contribution in [2.75, 3.05) is 5.32 Å². The van der Waals surface area contributed by atoms with Crippen LogP contribution in [0.2, 0.25) is 10.0 Å². The Kier molecular flexibility index (Phi) is 5.54. The highest BCUT2D eigenvalue weighted by Crippen LogP contribution is 2.25. The summed E-state index contributed by atoms with van der Waals surface area (Å²) in [5, 5.41) is 15.8. The van der Waals surface area contributed by atoms with Crippen LogP contribution < -0.4 is 5.32 Å². The van der Waals surface area contributed by atoms with Crippen LogP contribution in [0.4, 0.5) is 5.69 Å². The Morgan fingerprint density at radius 3 is 2.58 bits per heavy atom. The van der Waals surface area contributed by atoms with Crippen molar-refractivity contribution in [1.82, 2.24) is 20.2 Å². The molecule has 0 aliphatic heterocycles. The second kappa shape index (κ2) is 7.85. The Hall–Kier alpha value is -2.44. The minimum absolute atomic E-state index is 0.0834. The number of amides is 1. The van der Waals surface area contributed by atoms with Gasteiger partial charge in [-0.3, -0.25) is 4.79 Å². The van der Waals surface area contributed by atoms with E-state index in [-0.39, 0.29) is 12.5 Å². The number of hydrogen-bond donors (Lipinski definition) is 1. The summed E-state index contributed by atoms with van der Waals surface area (Å²) >= 11 is 12.0. The lowest BCUT2D eigenvalue weighted by Gasteiger charge is -2.07. The number of nitrogens with one attached hydrogen (secondary N) is 1. The van der Waals surface area contributed by atoms with Gasteiger partial charge in [-0.05, 0) is 34.9 Å². The first-order valence-corrected chi connectivity index (χ1v) is 8.81. The largest absolute Gasteiger partial charge is 0.323 e. The Labute approximate surface area is 161 Å². The van der Waals surface area contributed by atoms with Gasteiger partial charge in [-0.1, -0.05) is 61.3 Å². The molecule has 0 fully saturated rings. The number of tetrazole rings is 1. The minimum atomic E-state index is -0.326. The molecule has 2 aromatic carbocycles. The monoisotopic (exact) mass is 389 g/mol. The molecule has 8 heteroatoms. The Morgan fingerprint density at radius 1 is 1.15 bits per heavy atom. The number of anilines is 1. The molecular weight excluding hydrogens is 373 g/mol. The van der Waals surface area contributed by atoms with E-state index in [0.29, 0.717) is 27.5 Å². The molecule has 1 aromatic heterocycles. The average molecular weight is 390 g/mol. The first-order chi connectivity index (χ1) is 12.4. The number of benzene rings is 2. The summed E-state index contributed by atoms with van der Waals surface area (Å²) in [5.74, 6) is 0.594. The number of rotatable bonds is 5. The van der Waals surface area contributed by atoms with Crippen LogP contribution in [-0.2, 0) is 11.3 Å². The molecule has 0 atom stereocenters. The molecule has 0 saturated carbocycles. The van der Waals surface area contributed by atoms with E-state index in [1.165, 1.54) is 10.4 Å². The molecule has 134 valence electrons. The molecule has 1 heterocycles. The second-order valence-electron chi connectivity index (χ2n) is 6.09. The van der Waals surface area contributed by atoms with Crippen LogP contribution in [0.1, 0.15) is 25.3 Å². The first kappa shape index (κ1) is 18.4. The summed E-state index contributed by atoms with van der Waals surface area (Å²) in [4.78, 5) is 13.4. The zero-order valence-corrected chi connectivity index (χ0v) is 15.8. The van der Waals surface area contributed by atoms with Gasteiger partial charge in [0.1, 0.15) is 6.54 Å². The second-order valence-corrected chi connectivity index (χ2v) is 6.94. The lowest BCUT2D eigenvalue weighted by Crippen LogP contribution is -2.20. The van der Waals surface area contributed by atoms with Crippen molar-refractivity contribution >= 4 is 34.8 Å². The molecule has 1 N–H and O–H groups in total. The fourth-order valence-corrected chi connectivity index (χ4v) is 2.69. The number of hydrogen-bond acceptors (Lipinski definition) is 4. The molecule has 3 aromatic rings. The van der Waals surface area contributed by atoms with Gasteiger partial charge in [-0.2, -0.15) is 4.80 Å². The third-order valence-corrected chi connectivity index (χ3v) is 4.34. The van der Waals surface area contributed by atoms with Gasteiger partial charge in [0.15, 0.2) is 0 Å². The van der Waals surface area contributed by atoms with Crippen LogP contribution >= 0.6 is 23.2 Å². The maximum atomic E-state index is 12.2. The smallest absolute Gasteiger partial charge is 0.248 e.